The molecule has 3 amide bonds. The zero-order chi connectivity index (χ0) is 26.4. The van der Waals surface area contributed by atoms with Crippen LogP contribution in [0.2, 0.25) is 0 Å². The maximum absolute atomic E-state index is 14.0. The molecule has 4 rings (SSSR count). The van der Waals surface area contributed by atoms with Gasteiger partial charge in [0.25, 0.3) is 11.8 Å². The highest BCUT2D eigenvalue weighted by Gasteiger charge is 2.35. The molecular formula is C28H39N5O3S. The number of nitrogens with one attached hydrogen (secondary N) is 2. The Bertz CT molecular complexity index is 1090. The number of hydrogen-bond acceptors (Lipinski definition) is 6. The molecule has 8 nitrogen and oxygen atoms in total. The van der Waals surface area contributed by atoms with Crippen LogP contribution < -0.4 is 21.3 Å². The molecule has 2 saturated carbocycles. The Balaban J connectivity index is 1.61. The van der Waals surface area contributed by atoms with Crippen molar-refractivity contribution in [3.8, 4) is 0 Å². The number of nitrogens with two attached hydrogens (primary N) is 1. The highest BCUT2D eigenvalue weighted by Crippen LogP contribution is 2.30. The summed E-state index contributed by atoms with van der Waals surface area (Å²) in [7, 11) is 0. The van der Waals surface area contributed by atoms with Crippen molar-refractivity contribution in [1.82, 2.24) is 15.0 Å². The highest BCUT2D eigenvalue weighted by atomic mass is 32.1. The van der Waals surface area contributed by atoms with Crippen molar-refractivity contribution in [3.05, 3.63) is 40.4 Å². The third kappa shape index (κ3) is 6.32. The lowest BCUT2D eigenvalue weighted by Gasteiger charge is -2.31. The summed E-state index contributed by atoms with van der Waals surface area (Å²) < 4.78 is 4.28. The first-order chi connectivity index (χ1) is 17.9. The van der Waals surface area contributed by atoms with Gasteiger partial charge in [-0.1, -0.05) is 58.1 Å². The SMILES string of the molecule is CCc1ccc(N(C(=O)c2snc(C(=O)NC3CCCCC3)c2N)[C@@H](CC)C(=O)NC2CCCC2)cc1. The highest BCUT2D eigenvalue weighted by molar-refractivity contribution is 7.09. The predicted octanol–water partition coefficient (Wildman–Crippen LogP) is 4.83. The van der Waals surface area contributed by atoms with Gasteiger partial charge in [0.05, 0.1) is 5.69 Å². The second kappa shape index (κ2) is 12.5. The second-order valence-corrected chi connectivity index (χ2v) is 11.0. The molecule has 1 aromatic carbocycles. The summed E-state index contributed by atoms with van der Waals surface area (Å²) in [6.07, 6.45) is 10.7. The minimum absolute atomic E-state index is 0.0736. The van der Waals surface area contributed by atoms with Crippen LogP contribution in [0, 0.1) is 0 Å². The van der Waals surface area contributed by atoms with Gasteiger partial charge in [0.15, 0.2) is 5.69 Å². The fraction of sp³-hybridized carbons (Fsp3) is 0.571. The van der Waals surface area contributed by atoms with Crippen molar-refractivity contribution in [2.45, 2.75) is 103 Å². The van der Waals surface area contributed by atoms with E-state index >= 15 is 0 Å². The Morgan fingerprint density at radius 2 is 1.57 bits per heavy atom. The average Bonchev–Trinajstić information content (AvgIpc) is 3.57. The lowest BCUT2D eigenvalue weighted by Crippen LogP contribution is -2.51. The van der Waals surface area contributed by atoms with Gasteiger partial charge in [-0.15, -0.1) is 0 Å². The molecule has 9 heteroatoms. The van der Waals surface area contributed by atoms with Crippen molar-refractivity contribution in [2.75, 3.05) is 10.6 Å². The monoisotopic (exact) mass is 525 g/mol. The minimum Gasteiger partial charge on any atom is -0.395 e. The molecule has 0 unspecified atom stereocenters. The Kier molecular flexibility index (Phi) is 9.18. The van der Waals surface area contributed by atoms with Crippen LogP contribution in [0.4, 0.5) is 11.4 Å². The maximum atomic E-state index is 14.0. The van der Waals surface area contributed by atoms with Gasteiger partial charge in [-0.3, -0.25) is 19.3 Å². The maximum Gasteiger partial charge on any atom is 0.273 e. The first-order valence-corrected chi connectivity index (χ1v) is 14.5. The number of hydrogen-bond donors (Lipinski definition) is 3. The van der Waals surface area contributed by atoms with Crippen LogP contribution in [0.3, 0.4) is 0 Å². The summed E-state index contributed by atoms with van der Waals surface area (Å²) in [6.45, 7) is 3.97. The number of aromatic nitrogens is 1. The van der Waals surface area contributed by atoms with Crippen LogP contribution in [0.25, 0.3) is 0 Å². The Labute approximate surface area is 223 Å². The summed E-state index contributed by atoms with van der Waals surface area (Å²) in [6, 6.07) is 7.23. The van der Waals surface area contributed by atoms with Crippen LogP contribution >= 0.6 is 11.5 Å². The van der Waals surface area contributed by atoms with Gasteiger partial charge in [0, 0.05) is 17.8 Å². The molecule has 1 aromatic heterocycles. The van der Waals surface area contributed by atoms with Crippen LogP contribution in [0.15, 0.2) is 24.3 Å². The normalized spacial score (nSPS) is 17.4. The first kappa shape index (κ1) is 27.1. The fourth-order valence-electron chi connectivity index (χ4n) is 5.41. The molecule has 2 aliphatic carbocycles. The Morgan fingerprint density at radius 1 is 0.973 bits per heavy atom. The number of rotatable bonds is 9. The third-order valence-electron chi connectivity index (χ3n) is 7.62. The molecule has 4 N–H and O–H groups in total. The van der Waals surface area contributed by atoms with Gasteiger partial charge < -0.3 is 16.4 Å². The van der Waals surface area contributed by atoms with E-state index in [1.165, 1.54) is 11.3 Å². The van der Waals surface area contributed by atoms with Gasteiger partial charge >= 0.3 is 0 Å². The molecule has 0 spiro atoms. The van der Waals surface area contributed by atoms with E-state index in [4.69, 9.17) is 5.73 Å². The van der Waals surface area contributed by atoms with Crippen LogP contribution in [0.5, 0.6) is 0 Å². The molecular weight excluding hydrogens is 486 g/mol. The summed E-state index contributed by atoms with van der Waals surface area (Å²) in [5.41, 5.74) is 8.28. The van der Waals surface area contributed by atoms with E-state index in [0.29, 0.717) is 12.1 Å². The Hall–Kier alpha value is -2.94. The third-order valence-corrected chi connectivity index (χ3v) is 8.47. The van der Waals surface area contributed by atoms with E-state index in [0.717, 1.165) is 74.9 Å². The molecule has 0 bridgehead atoms. The van der Waals surface area contributed by atoms with Gasteiger partial charge in [0.2, 0.25) is 5.91 Å². The number of carbonyl (C=O) groups excluding carboxylic acids is 3. The number of carbonyl (C=O) groups is 3. The second-order valence-electron chi connectivity index (χ2n) is 10.2. The van der Waals surface area contributed by atoms with Crippen molar-refractivity contribution in [3.63, 3.8) is 0 Å². The van der Waals surface area contributed by atoms with E-state index in [1.807, 2.05) is 31.2 Å². The van der Waals surface area contributed by atoms with Crippen LogP contribution in [-0.2, 0) is 11.2 Å². The van der Waals surface area contributed by atoms with E-state index < -0.39 is 11.9 Å². The standard InChI is InChI=1S/C28H39N5O3S/c1-3-18-14-16-21(17-15-18)33(22(4-2)26(34)30-19-12-8-9-13-19)28(36)25-23(29)24(32-37-25)27(35)31-20-10-6-5-7-11-20/h14-17,19-20,22H,3-13,29H2,1-2H3,(H,30,34)(H,31,35)/t22-/m0/s1. The zero-order valence-corrected chi connectivity index (χ0v) is 22.7. The largest absolute Gasteiger partial charge is 0.395 e. The molecule has 1 heterocycles. The molecule has 200 valence electrons. The van der Waals surface area contributed by atoms with Crippen molar-refractivity contribution in [2.24, 2.45) is 0 Å². The molecule has 37 heavy (non-hydrogen) atoms. The zero-order valence-electron chi connectivity index (χ0n) is 21.9. The quantitative estimate of drug-likeness (QED) is 0.433. The molecule has 2 fully saturated rings. The first-order valence-electron chi connectivity index (χ1n) is 13.7. The van der Waals surface area contributed by atoms with Gasteiger partial charge in [-0.2, -0.15) is 4.37 Å². The van der Waals surface area contributed by atoms with Crippen molar-refractivity contribution >= 4 is 40.6 Å². The number of amides is 3. The average molecular weight is 526 g/mol. The number of benzene rings is 1. The van der Waals surface area contributed by atoms with E-state index in [2.05, 4.69) is 21.9 Å². The molecule has 0 saturated heterocycles. The lowest BCUT2D eigenvalue weighted by atomic mass is 9.95. The van der Waals surface area contributed by atoms with E-state index in [-0.39, 0.29) is 40.2 Å². The van der Waals surface area contributed by atoms with Gasteiger partial charge in [0.1, 0.15) is 10.9 Å². The summed E-state index contributed by atoms with van der Waals surface area (Å²) >= 11 is 0.919. The number of anilines is 2. The van der Waals surface area contributed by atoms with E-state index in [1.54, 1.807) is 0 Å². The molecule has 0 radical (unpaired) electrons. The summed E-state index contributed by atoms with van der Waals surface area (Å²) in [5.74, 6) is -0.922. The van der Waals surface area contributed by atoms with Crippen LogP contribution in [0.1, 0.15) is 104 Å². The summed E-state index contributed by atoms with van der Waals surface area (Å²) in [5, 5.41) is 6.18. The molecule has 2 aromatic rings. The minimum atomic E-state index is -0.707. The number of nitrogens with zero attached hydrogens (tertiary/aromatic N) is 2. The van der Waals surface area contributed by atoms with E-state index in [9.17, 15) is 14.4 Å². The Morgan fingerprint density at radius 3 is 2.16 bits per heavy atom. The topological polar surface area (TPSA) is 117 Å². The lowest BCUT2D eigenvalue weighted by molar-refractivity contribution is -0.123. The molecule has 1 atom stereocenters. The van der Waals surface area contributed by atoms with Gasteiger partial charge in [-0.25, -0.2) is 0 Å². The van der Waals surface area contributed by atoms with Gasteiger partial charge in [-0.05, 0) is 67.8 Å². The number of nitrogen functional groups attached to an aromatic ring is 1. The van der Waals surface area contributed by atoms with Crippen molar-refractivity contribution in [1.29, 1.82) is 0 Å². The van der Waals surface area contributed by atoms with Crippen molar-refractivity contribution < 1.29 is 14.4 Å². The molecule has 0 aliphatic heterocycles. The number of aryl methyl sites for hydroxylation is 1. The fourth-order valence-corrected chi connectivity index (χ4v) is 6.14. The predicted molar refractivity (Wildman–Crippen MR) is 148 cm³/mol. The summed E-state index contributed by atoms with van der Waals surface area (Å²) in [4.78, 5) is 42.0. The smallest absolute Gasteiger partial charge is 0.273 e. The molecule has 2 aliphatic rings. The van der Waals surface area contributed by atoms with Crippen LogP contribution in [-0.4, -0.2) is 40.2 Å².